The first-order valence-electron chi connectivity index (χ1n) is 6.21. The van der Waals surface area contributed by atoms with Gasteiger partial charge in [0.25, 0.3) is 0 Å². The van der Waals surface area contributed by atoms with Crippen LogP contribution in [0.25, 0.3) is 0 Å². The van der Waals surface area contributed by atoms with Crippen LogP contribution in [-0.2, 0) is 6.54 Å². The van der Waals surface area contributed by atoms with Crippen LogP contribution in [0.5, 0.6) is 5.75 Å². The molecule has 0 aliphatic carbocycles. The Morgan fingerprint density at radius 1 is 1.29 bits per heavy atom. The van der Waals surface area contributed by atoms with Gasteiger partial charge in [-0.2, -0.15) is 0 Å². The van der Waals surface area contributed by atoms with Crippen LogP contribution in [0, 0.1) is 0 Å². The van der Waals surface area contributed by atoms with Gasteiger partial charge in [0.05, 0.1) is 6.10 Å². The highest BCUT2D eigenvalue weighted by Gasteiger charge is 2.05. The lowest BCUT2D eigenvalue weighted by molar-refractivity contribution is 0.217. The first-order chi connectivity index (χ1) is 8.02. The molecule has 96 valence electrons. The second-order valence-corrected chi connectivity index (χ2v) is 5.48. The average Bonchev–Trinajstić information content (AvgIpc) is 2.29. The fraction of sp³-hybridized carbons (Fsp3) is 0.571. The van der Waals surface area contributed by atoms with Crippen molar-refractivity contribution in [2.24, 2.45) is 0 Å². The number of ether oxygens (including phenoxy) is 1. The highest BCUT2D eigenvalue weighted by molar-refractivity contribution is 9.10. The van der Waals surface area contributed by atoms with Crippen LogP contribution in [0.3, 0.4) is 0 Å². The van der Waals surface area contributed by atoms with E-state index in [-0.39, 0.29) is 6.10 Å². The highest BCUT2D eigenvalue weighted by Crippen LogP contribution is 2.23. The molecule has 1 rings (SSSR count). The third-order valence-corrected chi connectivity index (χ3v) is 3.40. The maximum atomic E-state index is 5.82. The molecule has 1 aromatic rings. The van der Waals surface area contributed by atoms with Crippen molar-refractivity contribution in [2.75, 3.05) is 0 Å². The fourth-order valence-electron chi connectivity index (χ4n) is 1.39. The van der Waals surface area contributed by atoms with E-state index in [0.29, 0.717) is 6.04 Å². The Labute approximate surface area is 113 Å². The van der Waals surface area contributed by atoms with Crippen molar-refractivity contribution in [3.63, 3.8) is 0 Å². The Hall–Kier alpha value is -0.540. The first-order valence-corrected chi connectivity index (χ1v) is 7.00. The molecule has 1 N–H and O–H groups in total. The summed E-state index contributed by atoms with van der Waals surface area (Å²) in [6, 6.07) is 6.65. The van der Waals surface area contributed by atoms with Gasteiger partial charge in [0.15, 0.2) is 0 Å². The van der Waals surface area contributed by atoms with Gasteiger partial charge in [0, 0.05) is 17.1 Å². The minimum atomic E-state index is 0.266. The predicted octanol–water partition coefficient (Wildman–Crippen LogP) is 4.12. The van der Waals surface area contributed by atoms with Gasteiger partial charge >= 0.3 is 0 Å². The zero-order chi connectivity index (χ0) is 12.8. The van der Waals surface area contributed by atoms with Crippen LogP contribution in [0.1, 0.15) is 39.7 Å². The van der Waals surface area contributed by atoms with Crippen molar-refractivity contribution >= 4 is 15.9 Å². The fourth-order valence-corrected chi connectivity index (χ4v) is 1.78. The van der Waals surface area contributed by atoms with Crippen molar-refractivity contribution in [3.05, 3.63) is 28.2 Å². The smallest absolute Gasteiger partial charge is 0.120 e. The minimum Gasteiger partial charge on any atom is -0.491 e. The summed E-state index contributed by atoms with van der Waals surface area (Å²) in [6.45, 7) is 9.37. The molecule has 17 heavy (non-hydrogen) atoms. The second kappa shape index (κ2) is 7.02. The molecular formula is C14H22BrNO. The number of nitrogens with one attached hydrogen (secondary N) is 1. The Kier molecular flexibility index (Phi) is 6.00. The van der Waals surface area contributed by atoms with Gasteiger partial charge in [0.1, 0.15) is 5.75 Å². The molecule has 0 aromatic heterocycles. The lowest BCUT2D eigenvalue weighted by Crippen LogP contribution is -2.22. The second-order valence-electron chi connectivity index (χ2n) is 4.63. The number of hydrogen-bond donors (Lipinski definition) is 1. The van der Waals surface area contributed by atoms with Crippen LogP contribution in [-0.4, -0.2) is 12.1 Å². The van der Waals surface area contributed by atoms with Gasteiger partial charge in [-0.05, 0) is 37.1 Å². The Bertz CT molecular complexity index is 352. The van der Waals surface area contributed by atoms with E-state index >= 15 is 0 Å². The van der Waals surface area contributed by atoms with E-state index in [1.165, 1.54) is 5.56 Å². The summed E-state index contributed by atoms with van der Waals surface area (Å²) < 4.78 is 6.94. The zero-order valence-electron chi connectivity index (χ0n) is 11.1. The highest BCUT2D eigenvalue weighted by atomic mass is 79.9. The van der Waals surface area contributed by atoms with Crippen molar-refractivity contribution in [3.8, 4) is 5.75 Å². The number of halogens is 1. The van der Waals surface area contributed by atoms with E-state index in [0.717, 1.165) is 23.2 Å². The third kappa shape index (κ3) is 5.09. The van der Waals surface area contributed by atoms with Crippen molar-refractivity contribution < 1.29 is 4.74 Å². The quantitative estimate of drug-likeness (QED) is 0.853. The van der Waals surface area contributed by atoms with Crippen LogP contribution in [0.15, 0.2) is 22.7 Å². The molecule has 1 unspecified atom stereocenters. The molecule has 0 fully saturated rings. The van der Waals surface area contributed by atoms with Gasteiger partial charge in [-0.15, -0.1) is 0 Å². The molecule has 0 spiro atoms. The number of hydrogen-bond acceptors (Lipinski definition) is 2. The molecule has 0 aliphatic rings. The normalized spacial score (nSPS) is 12.8. The first kappa shape index (κ1) is 14.5. The lowest BCUT2D eigenvalue weighted by atomic mass is 10.2. The Morgan fingerprint density at radius 3 is 2.59 bits per heavy atom. The summed E-state index contributed by atoms with van der Waals surface area (Å²) >= 11 is 3.57. The van der Waals surface area contributed by atoms with Crippen molar-refractivity contribution in [1.82, 2.24) is 5.32 Å². The summed E-state index contributed by atoms with van der Waals surface area (Å²) in [5.74, 6) is 0.947. The molecule has 0 amide bonds. The summed E-state index contributed by atoms with van der Waals surface area (Å²) in [6.07, 6.45) is 1.29. The summed E-state index contributed by atoms with van der Waals surface area (Å²) in [7, 11) is 0. The molecule has 0 bridgehead atoms. The van der Waals surface area contributed by atoms with Gasteiger partial charge in [-0.1, -0.05) is 36.7 Å². The van der Waals surface area contributed by atoms with E-state index < -0.39 is 0 Å². The lowest BCUT2D eigenvalue weighted by Gasteiger charge is -2.15. The SMILES string of the molecule is CCC(C)Oc1ccc(Br)c(CNC(C)C)c1. The van der Waals surface area contributed by atoms with Crippen LogP contribution in [0.4, 0.5) is 0 Å². The maximum Gasteiger partial charge on any atom is 0.120 e. The van der Waals surface area contributed by atoms with Crippen LogP contribution in [0.2, 0.25) is 0 Å². The van der Waals surface area contributed by atoms with E-state index in [4.69, 9.17) is 4.74 Å². The van der Waals surface area contributed by atoms with Crippen LogP contribution < -0.4 is 10.1 Å². The molecule has 2 nitrogen and oxygen atoms in total. The molecule has 1 atom stereocenters. The number of benzene rings is 1. The Morgan fingerprint density at radius 2 is 2.00 bits per heavy atom. The molecule has 0 aliphatic heterocycles. The minimum absolute atomic E-state index is 0.266. The summed E-state index contributed by atoms with van der Waals surface area (Å²) in [5, 5.41) is 3.41. The number of rotatable bonds is 6. The van der Waals surface area contributed by atoms with Crippen molar-refractivity contribution in [1.29, 1.82) is 0 Å². The van der Waals surface area contributed by atoms with Crippen LogP contribution >= 0.6 is 15.9 Å². The monoisotopic (exact) mass is 299 g/mol. The molecule has 1 aromatic carbocycles. The standard InChI is InChI=1S/C14H22BrNO/c1-5-11(4)17-13-6-7-14(15)12(8-13)9-16-10(2)3/h6-8,10-11,16H,5,9H2,1-4H3. The molecular weight excluding hydrogens is 278 g/mol. The molecule has 0 saturated carbocycles. The molecule has 0 saturated heterocycles. The zero-order valence-corrected chi connectivity index (χ0v) is 12.7. The maximum absolute atomic E-state index is 5.82. The van der Waals surface area contributed by atoms with E-state index in [2.05, 4.69) is 61.1 Å². The van der Waals surface area contributed by atoms with Crippen molar-refractivity contribution in [2.45, 2.75) is 52.8 Å². The average molecular weight is 300 g/mol. The Balaban J connectivity index is 2.72. The van der Waals surface area contributed by atoms with Gasteiger partial charge < -0.3 is 10.1 Å². The van der Waals surface area contributed by atoms with Gasteiger partial charge in [0.2, 0.25) is 0 Å². The molecule has 3 heteroatoms. The molecule has 0 heterocycles. The molecule has 0 radical (unpaired) electrons. The summed E-state index contributed by atoms with van der Waals surface area (Å²) in [5.41, 5.74) is 1.24. The largest absolute Gasteiger partial charge is 0.491 e. The summed E-state index contributed by atoms with van der Waals surface area (Å²) in [4.78, 5) is 0. The third-order valence-electron chi connectivity index (χ3n) is 2.63. The van der Waals surface area contributed by atoms with E-state index in [1.807, 2.05) is 6.07 Å². The van der Waals surface area contributed by atoms with Gasteiger partial charge in [-0.3, -0.25) is 0 Å². The van der Waals surface area contributed by atoms with E-state index in [9.17, 15) is 0 Å². The topological polar surface area (TPSA) is 21.3 Å². The predicted molar refractivity (Wildman–Crippen MR) is 76.5 cm³/mol. The van der Waals surface area contributed by atoms with E-state index in [1.54, 1.807) is 0 Å². The van der Waals surface area contributed by atoms with Gasteiger partial charge in [-0.25, -0.2) is 0 Å².